The normalized spacial score (nSPS) is 16.2. The Kier molecular flexibility index (Phi) is 4.75. The fourth-order valence-electron chi connectivity index (χ4n) is 2.38. The number of hydrogen-bond donors (Lipinski definition) is 1. The molecule has 0 spiro atoms. The number of carbonyl (C=O) groups is 1. The van der Waals surface area contributed by atoms with E-state index < -0.39 is 0 Å². The molecule has 2 heterocycles. The molecular formula is C14H22N2O3S. The van der Waals surface area contributed by atoms with Crippen molar-refractivity contribution >= 4 is 28.0 Å². The second kappa shape index (κ2) is 6.35. The van der Waals surface area contributed by atoms with Crippen LogP contribution in [0.5, 0.6) is 5.75 Å². The number of methoxy groups -OCH3 is 1. The molecule has 0 radical (unpaired) electrons. The maximum atomic E-state index is 11.9. The standard InChI is InChI=1S/C14H22N2O3S/c1-4-19-14(17)12-10(15)11(18-3)13(20-12)16-7-5-9(2)6-8-16/h9H,4-8,15H2,1-3H3. The molecule has 1 aliphatic rings. The van der Waals surface area contributed by atoms with Crippen LogP contribution >= 0.6 is 11.3 Å². The van der Waals surface area contributed by atoms with E-state index in [0.717, 1.165) is 36.9 Å². The van der Waals surface area contributed by atoms with Crippen molar-refractivity contribution in [3.05, 3.63) is 4.88 Å². The highest BCUT2D eigenvalue weighted by atomic mass is 32.1. The zero-order valence-corrected chi connectivity index (χ0v) is 13.1. The fraction of sp³-hybridized carbons (Fsp3) is 0.643. The van der Waals surface area contributed by atoms with Crippen LogP contribution in [0.2, 0.25) is 0 Å². The van der Waals surface area contributed by atoms with Crippen molar-refractivity contribution < 1.29 is 14.3 Å². The number of anilines is 2. The number of nitrogens with two attached hydrogens (primary N) is 1. The predicted molar refractivity (Wildman–Crippen MR) is 81.9 cm³/mol. The number of ether oxygens (including phenoxy) is 2. The Hall–Kier alpha value is -1.43. The van der Waals surface area contributed by atoms with Gasteiger partial charge in [-0.25, -0.2) is 4.79 Å². The summed E-state index contributed by atoms with van der Waals surface area (Å²) in [6, 6.07) is 0. The molecule has 2 N–H and O–H groups in total. The van der Waals surface area contributed by atoms with Gasteiger partial charge in [-0.15, -0.1) is 11.3 Å². The Morgan fingerprint density at radius 3 is 2.65 bits per heavy atom. The Labute approximate surface area is 123 Å². The number of esters is 1. The van der Waals surface area contributed by atoms with E-state index >= 15 is 0 Å². The van der Waals surface area contributed by atoms with Gasteiger partial charge in [0.05, 0.1) is 13.7 Å². The number of nitrogens with zero attached hydrogens (tertiary/aromatic N) is 1. The quantitative estimate of drug-likeness (QED) is 0.866. The van der Waals surface area contributed by atoms with E-state index in [1.165, 1.54) is 11.3 Å². The minimum Gasteiger partial charge on any atom is -0.492 e. The first-order chi connectivity index (χ1) is 9.58. The zero-order chi connectivity index (χ0) is 14.7. The zero-order valence-electron chi connectivity index (χ0n) is 12.3. The Bertz CT molecular complexity index is 479. The van der Waals surface area contributed by atoms with Gasteiger partial charge in [0.25, 0.3) is 0 Å². The smallest absolute Gasteiger partial charge is 0.350 e. The summed E-state index contributed by atoms with van der Waals surface area (Å²) >= 11 is 1.37. The molecule has 0 aliphatic carbocycles. The fourth-order valence-corrected chi connectivity index (χ4v) is 3.52. The van der Waals surface area contributed by atoms with Crippen LogP contribution in [0.15, 0.2) is 0 Å². The summed E-state index contributed by atoms with van der Waals surface area (Å²) in [4.78, 5) is 14.6. The van der Waals surface area contributed by atoms with Gasteiger partial charge in [-0.1, -0.05) is 6.92 Å². The predicted octanol–water partition coefficient (Wildman–Crippen LogP) is 2.75. The number of carbonyl (C=O) groups excluding carboxylic acids is 1. The lowest BCUT2D eigenvalue weighted by Crippen LogP contribution is -2.32. The van der Waals surface area contributed by atoms with Gasteiger partial charge in [-0.2, -0.15) is 0 Å². The second-order valence-corrected chi connectivity index (χ2v) is 6.07. The molecular weight excluding hydrogens is 276 g/mol. The highest BCUT2D eigenvalue weighted by molar-refractivity contribution is 7.19. The van der Waals surface area contributed by atoms with Crippen LogP contribution < -0.4 is 15.4 Å². The molecule has 0 bridgehead atoms. The minimum absolute atomic E-state index is 0.342. The maximum Gasteiger partial charge on any atom is 0.350 e. The summed E-state index contributed by atoms with van der Waals surface area (Å²) < 4.78 is 10.4. The third-order valence-corrected chi connectivity index (χ3v) is 4.85. The van der Waals surface area contributed by atoms with Crippen molar-refractivity contribution in [2.75, 3.05) is 37.4 Å². The summed E-state index contributed by atoms with van der Waals surface area (Å²) in [5, 5.41) is 0.944. The second-order valence-electron chi connectivity index (χ2n) is 5.07. The molecule has 0 saturated carbocycles. The summed E-state index contributed by atoms with van der Waals surface area (Å²) in [7, 11) is 1.59. The third-order valence-electron chi connectivity index (χ3n) is 3.62. The van der Waals surface area contributed by atoms with Crippen LogP contribution in [0.1, 0.15) is 36.4 Å². The highest BCUT2D eigenvalue weighted by Gasteiger charge is 2.27. The molecule has 0 amide bonds. The molecule has 1 fully saturated rings. The van der Waals surface area contributed by atoms with E-state index in [9.17, 15) is 4.79 Å². The molecule has 1 aromatic heterocycles. The van der Waals surface area contributed by atoms with Gasteiger partial charge in [-0.05, 0) is 25.7 Å². The molecule has 0 atom stereocenters. The molecule has 2 rings (SSSR count). The number of hydrogen-bond acceptors (Lipinski definition) is 6. The Balaban J connectivity index is 2.28. The van der Waals surface area contributed by atoms with Gasteiger partial charge in [0.1, 0.15) is 15.6 Å². The van der Waals surface area contributed by atoms with Gasteiger partial charge < -0.3 is 20.1 Å². The van der Waals surface area contributed by atoms with Gasteiger partial charge in [0.15, 0.2) is 5.75 Å². The van der Waals surface area contributed by atoms with Crippen molar-refractivity contribution in [1.82, 2.24) is 0 Å². The molecule has 112 valence electrons. The molecule has 20 heavy (non-hydrogen) atoms. The Morgan fingerprint density at radius 1 is 1.45 bits per heavy atom. The van der Waals surface area contributed by atoms with Crippen molar-refractivity contribution in [3.63, 3.8) is 0 Å². The lowest BCUT2D eigenvalue weighted by molar-refractivity contribution is 0.0533. The largest absolute Gasteiger partial charge is 0.492 e. The van der Waals surface area contributed by atoms with E-state index in [2.05, 4.69) is 11.8 Å². The van der Waals surface area contributed by atoms with Crippen LogP contribution in [-0.2, 0) is 4.74 Å². The summed E-state index contributed by atoms with van der Waals surface area (Å²) in [6.45, 7) is 6.34. The number of thiophene rings is 1. The van der Waals surface area contributed by atoms with E-state index in [1.54, 1.807) is 14.0 Å². The summed E-state index contributed by atoms with van der Waals surface area (Å²) in [5.41, 5.74) is 6.43. The Morgan fingerprint density at radius 2 is 2.10 bits per heavy atom. The van der Waals surface area contributed by atoms with E-state index in [-0.39, 0.29) is 5.97 Å². The number of nitrogen functional groups attached to an aromatic ring is 1. The molecule has 1 aliphatic heterocycles. The van der Waals surface area contributed by atoms with Crippen LogP contribution in [0, 0.1) is 5.92 Å². The highest BCUT2D eigenvalue weighted by Crippen LogP contribution is 2.45. The molecule has 5 nitrogen and oxygen atoms in total. The first-order valence-electron chi connectivity index (χ1n) is 6.96. The molecule has 1 aromatic rings. The minimum atomic E-state index is -0.370. The van der Waals surface area contributed by atoms with Crippen LogP contribution in [0.3, 0.4) is 0 Å². The van der Waals surface area contributed by atoms with Gasteiger partial charge in [0.2, 0.25) is 0 Å². The van der Waals surface area contributed by atoms with Crippen LogP contribution in [0.4, 0.5) is 10.7 Å². The van der Waals surface area contributed by atoms with Crippen molar-refractivity contribution in [2.24, 2.45) is 5.92 Å². The molecule has 0 unspecified atom stereocenters. The lowest BCUT2D eigenvalue weighted by Gasteiger charge is -2.31. The van der Waals surface area contributed by atoms with E-state index in [1.807, 2.05) is 0 Å². The van der Waals surface area contributed by atoms with Crippen molar-refractivity contribution in [2.45, 2.75) is 26.7 Å². The molecule has 6 heteroatoms. The number of rotatable bonds is 4. The molecule has 1 saturated heterocycles. The first-order valence-corrected chi connectivity index (χ1v) is 7.78. The summed E-state index contributed by atoms with van der Waals surface area (Å²) in [6.07, 6.45) is 2.30. The average Bonchev–Trinajstić information content (AvgIpc) is 2.77. The summed E-state index contributed by atoms with van der Waals surface area (Å²) in [5.74, 6) is 0.983. The first kappa shape index (κ1) is 15.0. The molecule has 0 aromatic carbocycles. The van der Waals surface area contributed by atoms with Crippen LogP contribution in [0.25, 0.3) is 0 Å². The third kappa shape index (κ3) is 2.85. The topological polar surface area (TPSA) is 64.8 Å². The average molecular weight is 298 g/mol. The lowest BCUT2D eigenvalue weighted by atomic mass is 9.99. The van der Waals surface area contributed by atoms with Gasteiger partial charge >= 0.3 is 5.97 Å². The van der Waals surface area contributed by atoms with Crippen LogP contribution in [-0.4, -0.2) is 32.8 Å². The maximum absolute atomic E-state index is 11.9. The van der Waals surface area contributed by atoms with Gasteiger partial charge in [0, 0.05) is 13.1 Å². The van der Waals surface area contributed by atoms with E-state index in [4.69, 9.17) is 15.2 Å². The van der Waals surface area contributed by atoms with E-state index in [0.29, 0.717) is 22.9 Å². The monoisotopic (exact) mass is 298 g/mol. The van der Waals surface area contributed by atoms with Crippen molar-refractivity contribution in [3.8, 4) is 5.75 Å². The SMILES string of the molecule is CCOC(=O)c1sc(N2CCC(C)CC2)c(OC)c1N. The van der Waals surface area contributed by atoms with Crippen molar-refractivity contribution in [1.29, 1.82) is 0 Å². The van der Waals surface area contributed by atoms with Gasteiger partial charge in [-0.3, -0.25) is 0 Å². The number of piperidine rings is 1.